The molecule has 1 amide bonds. The van der Waals surface area contributed by atoms with E-state index in [2.05, 4.69) is 40.5 Å². The number of likely N-dealkylation sites (tertiary alicyclic amines) is 1. The lowest BCUT2D eigenvalue weighted by atomic mass is 9.88. The molecule has 0 radical (unpaired) electrons. The van der Waals surface area contributed by atoms with Crippen molar-refractivity contribution >= 4 is 5.91 Å². The van der Waals surface area contributed by atoms with Gasteiger partial charge >= 0.3 is 0 Å². The Balaban J connectivity index is 1.14. The van der Waals surface area contributed by atoms with Crippen LogP contribution in [0.2, 0.25) is 0 Å². The number of nitrogens with one attached hydrogen (secondary N) is 1. The molecule has 2 aromatic rings. The summed E-state index contributed by atoms with van der Waals surface area (Å²) in [6, 6.07) is 18.4. The third kappa shape index (κ3) is 6.33. The molecule has 172 valence electrons. The summed E-state index contributed by atoms with van der Waals surface area (Å²) in [5, 5.41) is 3.07. The van der Waals surface area contributed by atoms with Gasteiger partial charge in [0, 0.05) is 19.6 Å². The van der Waals surface area contributed by atoms with E-state index in [-0.39, 0.29) is 17.6 Å². The smallest absolute Gasteiger partial charge is 0.224 e. The third-order valence-electron chi connectivity index (χ3n) is 6.91. The van der Waals surface area contributed by atoms with Gasteiger partial charge in [0.2, 0.25) is 5.91 Å². The van der Waals surface area contributed by atoms with Gasteiger partial charge in [0.1, 0.15) is 5.75 Å². The summed E-state index contributed by atoms with van der Waals surface area (Å²) in [6.07, 6.45) is 7.21. The Bertz CT molecular complexity index is 862. The van der Waals surface area contributed by atoms with Crippen molar-refractivity contribution in [1.29, 1.82) is 0 Å². The number of methoxy groups -OCH3 is 1. The first kappa shape index (κ1) is 22.8. The van der Waals surface area contributed by atoms with Crippen molar-refractivity contribution < 1.29 is 14.3 Å². The van der Waals surface area contributed by atoms with Crippen molar-refractivity contribution in [2.24, 2.45) is 0 Å². The van der Waals surface area contributed by atoms with Crippen LogP contribution in [0.1, 0.15) is 43.2 Å². The fourth-order valence-corrected chi connectivity index (χ4v) is 5.00. The normalized spacial score (nSPS) is 20.3. The SMILES string of the molecule is COc1cccc(CC(=O)NCC2CCC3(CCN(CCCc4ccccc4)CC3)O2)c1. The zero-order chi connectivity index (χ0) is 22.2. The average molecular weight is 437 g/mol. The van der Waals surface area contributed by atoms with Gasteiger partial charge in [-0.25, -0.2) is 0 Å². The highest BCUT2D eigenvalue weighted by Gasteiger charge is 2.42. The van der Waals surface area contributed by atoms with Gasteiger partial charge in [0.25, 0.3) is 0 Å². The minimum atomic E-state index is 0.0259. The van der Waals surface area contributed by atoms with Crippen LogP contribution in [0, 0.1) is 0 Å². The minimum absolute atomic E-state index is 0.0259. The van der Waals surface area contributed by atoms with E-state index in [4.69, 9.17) is 9.47 Å². The van der Waals surface area contributed by atoms with E-state index in [1.807, 2.05) is 24.3 Å². The minimum Gasteiger partial charge on any atom is -0.497 e. The highest BCUT2D eigenvalue weighted by atomic mass is 16.5. The number of nitrogens with zero attached hydrogens (tertiary/aromatic N) is 1. The second-order valence-corrected chi connectivity index (χ2v) is 9.22. The van der Waals surface area contributed by atoms with Crippen LogP contribution in [0.25, 0.3) is 0 Å². The first-order chi connectivity index (χ1) is 15.6. The Labute approximate surface area is 192 Å². The Hall–Kier alpha value is -2.37. The second kappa shape index (κ2) is 11.0. The van der Waals surface area contributed by atoms with E-state index in [1.54, 1.807) is 7.11 Å². The van der Waals surface area contributed by atoms with Crippen LogP contribution in [0.15, 0.2) is 54.6 Å². The number of amides is 1. The molecule has 32 heavy (non-hydrogen) atoms. The van der Waals surface area contributed by atoms with Gasteiger partial charge < -0.3 is 19.7 Å². The van der Waals surface area contributed by atoms with Crippen molar-refractivity contribution in [1.82, 2.24) is 10.2 Å². The predicted octanol–water partition coefficient (Wildman–Crippen LogP) is 4.00. The van der Waals surface area contributed by atoms with E-state index in [0.29, 0.717) is 13.0 Å². The quantitative estimate of drug-likeness (QED) is 0.646. The lowest BCUT2D eigenvalue weighted by Crippen LogP contribution is -2.45. The summed E-state index contributed by atoms with van der Waals surface area (Å²) in [7, 11) is 1.64. The van der Waals surface area contributed by atoms with Crippen LogP contribution >= 0.6 is 0 Å². The zero-order valence-electron chi connectivity index (χ0n) is 19.2. The van der Waals surface area contributed by atoms with E-state index in [0.717, 1.165) is 63.1 Å². The lowest BCUT2D eigenvalue weighted by molar-refractivity contribution is -0.122. The van der Waals surface area contributed by atoms with Gasteiger partial charge in [0.05, 0.1) is 25.2 Å². The maximum atomic E-state index is 12.4. The number of carbonyl (C=O) groups excluding carboxylic acids is 1. The van der Waals surface area contributed by atoms with Gasteiger partial charge in [-0.3, -0.25) is 4.79 Å². The first-order valence-electron chi connectivity index (χ1n) is 12.0. The summed E-state index contributed by atoms with van der Waals surface area (Å²) >= 11 is 0. The summed E-state index contributed by atoms with van der Waals surface area (Å²) in [5.41, 5.74) is 2.42. The predicted molar refractivity (Wildman–Crippen MR) is 127 cm³/mol. The molecule has 4 rings (SSSR count). The molecule has 2 aliphatic rings. The monoisotopic (exact) mass is 436 g/mol. The summed E-state index contributed by atoms with van der Waals surface area (Å²) in [5.74, 6) is 0.818. The molecule has 2 fully saturated rings. The molecule has 0 aromatic heterocycles. The molecule has 5 nitrogen and oxygen atoms in total. The Kier molecular flexibility index (Phi) is 7.82. The number of hydrogen-bond acceptors (Lipinski definition) is 4. The molecular formula is C27H36N2O3. The highest BCUT2D eigenvalue weighted by Crippen LogP contribution is 2.38. The van der Waals surface area contributed by atoms with E-state index in [9.17, 15) is 4.79 Å². The number of aryl methyl sites for hydroxylation is 1. The van der Waals surface area contributed by atoms with Gasteiger partial charge in [-0.2, -0.15) is 0 Å². The van der Waals surface area contributed by atoms with Crippen LogP contribution in [0.4, 0.5) is 0 Å². The standard InChI is InChI=1S/C27H36N2O3/c1-31-24-11-5-9-23(19-24)20-26(30)28-21-25-12-13-27(32-25)14-17-29(18-15-27)16-6-10-22-7-3-2-4-8-22/h2-5,7-9,11,19,25H,6,10,12-18,20-21H2,1H3,(H,28,30). The molecule has 1 N–H and O–H groups in total. The van der Waals surface area contributed by atoms with Crippen molar-refractivity contribution in [2.45, 2.75) is 56.7 Å². The van der Waals surface area contributed by atoms with Crippen molar-refractivity contribution in [3.05, 3.63) is 65.7 Å². The number of ether oxygens (including phenoxy) is 2. The zero-order valence-corrected chi connectivity index (χ0v) is 19.2. The number of rotatable bonds is 9. The molecular weight excluding hydrogens is 400 g/mol. The fourth-order valence-electron chi connectivity index (χ4n) is 5.00. The molecule has 2 heterocycles. The van der Waals surface area contributed by atoms with Gasteiger partial charge in [-0.15, -0.1) is 0 Å². The number of hydrogen-bond donors (Lipinski definition) is 1. The molecule has 0 bridgehead atoms. The summed E-state index contributed by atoms with van der Waals surface area (Å²) in [4.78, 5) is 15.0. The van der Waals surface area contributed by atoms with Crippen molar-refractivity contribution in [2.75, 3.05) is 33.3 Å². The largest absolute Gasteiger partial charge is 0.497 e. The molecule has 2 saturated heterocycles. The third-order valence-corrected chi connectivity index (χ3v) is 6.91. The maximum absolute atomic E-state index is 12.4. The van der Waals surface area contributed by atoms with Crippen molar-refractivity contribution in [3.63, 3.8) is 0 Å². The Morgan fingerprint density at radius 1 is 1.09 bits per heavy atom. The molecule has 5 heteroatoms. The number of carbonyl (C=O) groups is 1. The van der Waals surface area contributed by atoms with E-state index in [1.165, 1.54) is 12.0 Å². The van der Waals surface area contributed by atoms with Crippen LogP contribution in [-0.4, -0.2) is 55.8 Å². The average Bonchev–Trinajstić information content (AvgIpc) is 3.22. The summed E-state index contributed by atoms with van der Waals surface area (Å²) in [6.45, 7) is 3.99. The molecule has 2 aromatic carbocycles. The Morgan fingerprint density at radius 2 is 1.88 bits per heavy atom. The number of piperidine rings is 1. The van der Waals surface area contributed by atoms with Crippen LogP contribution in [0.5, 0.6) is 5.75 Å². The number of benzene rings is 2. The van der Waals surface area contributed by atoms with E-state index >= 15 is 0 Å². The topological polar surface area (TPSA) is 50.8 Å². The lowest BCUT2D eigenvalue weighted by Gasteiger charge is -2.39. The molecule has 1 atom stereocenters. The van der Waals surface area contributed by atoms with Gasteiger partial charge in [-0.1, -0.05) is 42.5 Å². The highest BCUT2D eigenvalue weighted by molar-refractivity contribution is 5.78. The van der Waals surface area contributed by atoms with Crippen LogP contribution in [0.3, 0.4) is 0 Å². The summed E-state index contributed by atoms with van der Waals surface area (Å²) < 4.78 is 11.7. The van der Waals surface area contributed by atoms with Crippen molar-refractivity contribution in [3.8, 4) is 5.75 Å². The molecule has 1 unspecified atom stereocenters. The fraction of sp³-hybridized carbons (Fsp3) is 0.519. The molecule has 0 saturated carbocycles. The van der Waals surface area contributed by atoms with Crippen LogP contribution in [-0.2, 0) is 22.4 Å². The van der Waals surface area contributed by atoms with E-state index < -0.39 is 0 Å². The molecule has 0 aliphatic carbocycles. The molecule has 1 spiro atoms. The van der Waals surface area contributed by atoms with Gasteiger partial charge in [-0.05, 0) is 68.3 Å². The maximum Gasteiger partial charge on any atom is 0.224 e. The van der Waals surface area contributed by atoms with Crippen LogP contribution < -0.4 is 10.1 Å². The first-order valence-corrected chi connectivity index (χ1v) is 12.0. The molecule has 2 aliphatic heterocycles. The second-order valence-electron chi connectivity index (χ2n) is 9.22. The Morgan fingerprint density at radius 3 is 2.66 bits per heavy atom. The van der Waals surface area contributed by atoms with Gasteiger partial charge in [0.15, 0.2) is 0 Å².